The van der Waals surface area contributed by atoms with Gasteiger partial charge in [0, 0.05) is 0 Å². The van der Waals surface area contributed by atoms with Gasteiger partial charge in [0.15, 0.2) is 0 Å². The molecule has 13 heavy (non-hydrogen) atoms. The first-order chi connectivity index (χ1) is 6.16. The van der Waals surface area contributed by atoms with Crippen LogP contribution in [0.2, 0.25) is 0 Å². The van der Waals surface area contributed by atoms with Crippen molar-refractivity contribution in [2.45, 2.75) is 19.4 Å². The highest BCUT2D eigenvalue weighted by atomic mass is 16.5. The van der Waals surface area contributed by atoms with E-state index in [9.17, 15) is 9.59 Å². The van der Waals surface area contributed by atoms with E-state index >= 15 is 0 Å². The Kier molecular flexibility index (Phi) is 3.25. The van der Waals surface area contributed by atoms with Crippen LogP contribution in [-0.2, 0) is 14.3 Å². The van der Waals surface area contributed by atoms with Gasteiger partial charge in [-0.1, -0.05) is 0 Å². The maximum Gasteiger partial charge on any atom is 0.321 e. The Morgan fingerprint density at radius 3 is 2.85 bits per heavy atom. The molecule has 0 aromatic carbocycles. The van der Waals surface area contributed by atoms with Gasteiger partial charge in [0.1, 0.15) is 6.04 Å². The second kappa shape index (κ2) is 4.23. The molecule has 0 radical (unpaired) electrons. The minimum absolute atomic E-state index is 0.293. The summed E-state index contributed by atoms with van der Waals surface area (Å²) in [4.78, 5) is 21.9. The maximum absolute atomic E-state index is 11.2. The fourth-order valence-electron chi connectivity index (χ4n) is 1.47. The van der Waals surface area contributed by atoms with Crippen molar-refractivity contribution in [3.63, 3.8) is 0 Å². The molecule has 2 atom stereocenters. The summed E-state index contributed by atoms with van der Waals surface area (Å²) in [6, 6.07) is -0.779. The second-order valence-electron chi connectivity index (χ2n) is 2.92. The molecule has 0 amide bonds. The molecular formula is C8H13NO4. The predicted molar refractivity (Wildman–Crippen MR) is 44.2 cm³/mol. The highest BCUT2D eigenvalue weighted by Crippen LogP contribution is 2.17. The Hall–Kier alpha value is -1.10. The van der Waals surface area contributed by atoms with Gasteiger partial charge in [0.2, 0.25) is 0 Å². The zero-order valence-corrected chi connectivity index (χ0v) is 7.45. The minimum Gasteiger partial charge on any atom is -0.480 e. The van der Waals surface area contributed by atoms with Crippen molar-refractivity contribution in [2.75, 3.05) is 13.2 Å². The van der Waals surface area contributed by atoms with Crippen LogP contribution in [-0.4, -0.2) is 36.2 Å². The van der Waals surface area contributed by atoms with Gasteiger partial charge in [-0.2, -0.15) is 0 Å². The number of esters is 1. The van der Waals surface area contributed by atoms with Gasteiger partial charge < -0.3 is 15.2 Å². The van der Waals surface area contributed by atoms with Gasteiger partial charge in [-0.05, 0) is 19.9 Å². The third kappa shape index (κ3) is 2.18. The van der Waals surface area contributed by atoms with E-state index in [1.54, 1.807) is 6.92 Å². The largest absolute Gasteiger partial charge is 0.480 e. The topological polar surface area (TPSA) is 75.6 Å². The van der Waals surface area contributed by atoms with Crippen LogP contribution in [0, 0.1) is 5.92 Å². The maximum atomic E-state index is 11.2. The van der Waals surface area contributed by atoms with Gasteiger partial charge in [-0.15, -0.1) is 0 Å². The Balaban J connectivity index is 2.57. The fourth-order valence-corrected chi connectivity index (χ4v) is 1.47. The zero-order valence-electron chi connectivity index (χ0n) is 7.45. The number of carboxylic acids is 1. The number of hydrogen-bond donors (Lipinski definition) is 2. The van der Waals surface area contributed by atoms with Gasteiger partial charge >= 0.3 is 11.9 Å². The standard InChI is InChI=1S/C8H13NO4/c1-2-13-8(12)5-3-4-9-6(5)7(10)11/h5-6,9H,2-4H2,1H3,(H,10,11)/t5-,6+/m1/s1. The molecule has 1 rings (SSSR count). The molecule has 0 aromatic heterocycles. The Morgan fingerprint density at radius 1 is 1.62 bits per heavy atom. The molecule has 0 spiro atoms. The molecule has 1 fully saturated rings. The lowest BCUT2D eigenvalue weighted by Gasteiger charge is -2.13. The lowest BCUT2D eigenvalue weighted by atomic mass is 10.0. The quantitative estimate of drug-likeness (QED) is 0.588. The van der Waals surface area contributed by atoms with E-state index in [0.717, 1.165) is 0 Å². The number of carboxylic acid groups (broad SMARTS) is 1. The molecule has 5 heteroatoms. The van der Waals surface area contributed by atoms with Crippen molar-refractivity contribution in [3.8, 4) is 0 Å². The van der Waals surface area contributed by atoms with E-state index in [0.29, 0.717) is 19.6 Å². The summed E-state index contributed by atoms with van der Waals surface area (Å²) in [5.74, 6) is -1.94. The molecule has 1 aliphatic heterocycles. The van der Waals surface area contributed by atoms with Crippen LogP contribution in [0.25, 0.3) is 0 Å². The number of rotatable bonds is 3. The molecule has 0 aliphatic carbocycles. The molecule has 74 valence electrons. The van der Waals surface area contributed by atoms with E-state index in [1.807, 2.05) is 0 Å². The lowest BCUT2D eigenvalue weighted by Crippen LogP contribution is -2.39. The van der Waals surface area contributed by atoms with Crippen LogP contribution in [0.15, 0.2) is 0 Å². The van der Waals surface area contributed by atoms with Gasteiger partial charge in [-0.3, -0.25) is 9.59 Å². The monoisotopic (exact) mass is 187 g/mol. The first-order valence-electron chi connectivity index (χ1n) is 4.29. The number of carbonyl (C=O) groups is 2. The SMILES string of the molecule is CCOC(=O)[C@@H]1CCN[C@@H]1C(=O)O. The summed E-state index contributed by atoms with van der Waals surface area (Å²) in [6.07, 6.45) is 0.538. The molecule has 1 saturated heterocycles. The first-order valence-corrected chi connectivity index (χ1v) is 4.29. The van der Waals surface area contributed by atoms with E-state index in [1.165, 1.54) is 0 Å². The van der Waals surface area contributed by atoms with Gasteiger partial charge in [0.25, 0.3) is 0 Å². The lowest BCUT2D eigenvalue weighted by molar-refractivity contribution is -0.153. The van der Waals surface area contributed by atoms with Crippen LogP contribution in [0.1, 0.15) is 13.3 Å². The Morgan fingerprint density at radius 2 is 2.31 bits per heavy atom. The second-order valence-corrected chi connectivity index (χ2v) is 2.92. The summed E-state index contributed by atoms with van der Waals surface area (Å²) < 4.78 is 4.76. The summed E-state index contributed by atoms with van der Waals surface area (Å²) >= 11 is 0. The van der Waals surface area contributed by atoms with Crippen LogP contribution >= 0.6 is 0 Å². The predicted octanol–water partition coefficient (Wildman–Crippen LogP) is -0.388. The molecule has 0 unspecified atom stereocenters. The third-order valence-corrected chi connectivity index (χ3v) is 2.08. The van der Waals surface area contributed by atoms with Crippen LogP contribution in [0.5, 0.6) is 0 Å². The highest BCUT2D eigenvalue weighted by Gasteiger charge is 2.38. The van der Waals surface area contributed by atoms with Gasteiger partial charge in [-0.25, -0.2) is 0 Å². The average molecular weight is 187 g/mol. The summed E-state index contributed by atoms with van der Waals surface area (Å²) in [7, 11) is 0. The van der Waals surface area contributed by atoms with E-state index in [4.69, 9.17) is 9.84 Å². The summed E-state index contributed by atoms with van der Waals surface area (Å²) in [5.41, 5.74) is 0. The van der Waals surface area contributed by atoms with Crippen molar-refractivity contribution >= 4 is 11.9 Å². The minimum atomic E-state index is -0.990. The third-order valence-electron chi connectivity index (χ3n) is 2.08. The Bertz CT molecular complexity index is 216. The van der Waals surface area contributed by atoms with Crippen molar-refractivity contribution < 1.29 is 19.4 Å². The van der Waals surface area contributed by atoms with E-state index in [2.05, 4.69) is 5.32 Å². The average Bonchev–Trinajstić information content (AvgIpc) is 2.52. The first kappa shape index (κ1) is 9.98. The fraction of sp³-hybridized carbons (Fsp3) is 0.750. The Labute approximate surface area is 76.1 Å². The van der Waals surface area contributed by atoms with Crippen molar-refractivity contribution in [1.82, 2.24) is 5.32 Å². The normalized spacial score (nSPS) is 27.2. The highest BCUT2D eigenvalue weighted by molar-refractivity contribution is 5.84. The molecule has 0 bridgehead atoms. The molecule has 0 saturated carbocycles. The molecule has 2 N–H and O–H groups in total. The summed E-state index contributed by atoms with van der Waals surface area (Å²) in [6.45, 7) is 2.55. The number of nitrogens with one attached hydrogen (secondary N) is 1. The molecule has 5 nitrogen and oxygen atoms in total. The number of aliphatic carboxylic acids is 1. The van der Waals surface area contributed by atoms with Crippen molar-refractivity contribution in [2.24, 2.45) is 5.92 Å². The van der Waals surface area contributed by atoms with E-state index in [-0.39, 0.29) is 0 Å². The molecule has 0 aromatic rings. The molecular weight excluding hydrogens is 174 g/mol. The molecule has 1 heterocycles. The number of carbonyl (C=O) groups excluding carboxylic acids is 1. The van der Waals surface area contributed by atoms with Crippen LogP contribution in [0.4, 0.5) is 0 Å². The smallest absolute Gasteiger partial charge is 0.321 e. The van der Waals surface area contributed by atoms with Gasteiger partial charge in [0.05, 0.1) is 12.5 Å². The van der Waals surface area contributed by atoms with Crippen LogP contribution < -0.4 is 5.32 Å². The summed E-state index contributed by atoms with van der Waals surface area (Å²) in [5, 5.41) is 11.5. The zero-order chi connectivity index (χ0) is 9.84. The van der Waals surface area contributed by atoms with Crippen molar-refractivity contribution in [3.05, 3.63) is 0 Å². The van der Waals surface area contributed by atoms with E-state index < -0.39 is 23.9 Å². The number of ether oxygens (including phenoxy) is 1. The van der Waals surface area contributed by atoms with Crippen LogP contribution in [0.3, 0.4) is 0 Å². The molecule has 1 aliphatic rings. The number of hydrogen-bond acceptors (Lipinski definition) is 4. The van der Waals surface area contributed by atoms with Crippen molar-refractivity contribution in [1.29, 1.82) is 0 Å².